The summed E-state index contributed by atoms with van der Waals surface area (Å²) in [5.74, 6) is 0.528. The summed E-state index contributed by atoms with van der Waals surface area (Å²) in [4.78, 5) is 10.9. The van der Waals surface area contributed by atoms with E-state index < -0.39 is 6.16 Å². The molecular weight excluding hydrogens is 288 g/mol. The molecule has 1 aromatic rings. The SMILES string of the molecule is CCCCCCCc1cccc(OC(=O)O)c1CCCCCC. The Balaban J connectivity index is 2.70. The minimum atomic E-state index is -1.22. The molecule has 3 nitrogen and oxygen atoms in total. The maximum Gasteiger partial charge on any atom is 0.511 e. The maximum atomic E-state index is 10.9. The average Bonchev–Trinajstić information content (AvgIpc) is 2.52. The minimum Gasteiger partial charge on any atom is -0.449 e. The van der Waals surface area contributed by atoms with Gasteiger partial charge in [0.1, 0.15) is 5.75 Å². The number of benzene rings is 1. The normalized spacial score (nSPS) is 10.7. The van der Waals surface area contributed by atoms with Crippen LogP contribution in [-0.2, 0) is 12.8 Å². The van der Waals surface area contributed by atoms with Gasteiger partial charge in [-0.15, -0.1) is 0 Å². The molecule has 3 heteroatoms. The van der Waals surface area contributed by atoms with Gasteiger partial charge in [0.05, 0.1) is 0 Å². The highest BCUT2D eigenvalue weighted by molar-refractivity contribution is 5.62. The summed E-state index contributed by atoms with van der Waals surface area (Å²) in [6.07, 6.45) is 11.7. The van der Waals surface area contributed by atoms with E-state index in [0.717, 1.165) is 24.8 Å². The second kappa shape index (κ2) is 12.0. The molecule has 0 unspecified atom stereocenters. The molecule has 23 heavy (non-hydrogen) atoms. The lowest BCUT2D eigenvalue weighted by Crippen LogP contribution is -2.07. The molecule has 130 valence electrons. The maximum absolute atomic E-state index is 10.9. The Morgan fingerprint density at radius 1 is 0.913 bits per heavy atom. The van der Waals surface area contributed by atoms with E-state index in [1.165, 1.54) is 56.9 Å². The zero-order valence-electron chi connectivity index (χ0n) is 14.8. The fourth-order valence-corrected chi connectivity index (χ4v) is 2.97. The molecular formula is C20H32O3. The fourth-order valence-electron chi connectivity index (χ4n) is 2.97. The first kappa shape index (κ1) is 19.5. The number of carboxylic acid groups (broad SMARTS) is 1. The molecule has 1 aromatic carbocycles. The summed E-state index contributed by atoms with van der Waals surface area (Å²) in [5, 5.41) is 8.94. The van der Waals surface area contributed by atoms with Crippen molar-refractivity contribution in [2.24, 2.45) is 0 Å². The summed E-state index contributed by atoms with van der Waals surface area (Å²) in [5.41, 5.74) is 2.36. The van der Waals surface area contributed by atoms with Gasteiger partial charge in [0.25, 0.3) is 0 Å². The molecule has 0 aliphatic carbocycles. The van der Waals surface area contributed by atoms with Crippen molar-refractivity contribution >= 4 is 6.16 Å². The summed E-state index contributed by atoms with van der Waals surface area (Å²) in [6, 6.07) is 5.82. The van der Waals surface area contributed by atoms with E-state index in [0.29, 0.717) is 5.75 Å². The molecule has 0 saturated heterocycles. The molecule has 0 heterocycles. The first-order valence-electron chi connectivity index (χ1n) is 9.20. The van der Waals surface area contributed by atoms with E-state index >= 15 is 0 Å². The van der Waals surface area contributed by atoms with Crippen LogP contribution in [0, 0.1) is 0 Å². The number of rotatable bonds is 12. The van der Waals surface area contributed by atoms with Gasteiger partial charge in [-0.2, -0.15) is 0 Å². The highest BCUT2D eigenvalue weighted by Crippen LogP contribution is 2.26. The summed E-state index contributed by atoms with van der Waals surface area (Å²) in [6.45, 7) is 4.42. The van der Waals surface area contributed by atoms with Crippen LogP contribution in [0.2, 0.25) is 0 Å². The Bertz CT molecular complexity index is 454. The first-order chi connectivity index (χ1) is 11.2. The topological polar surface area (TPSA) is 46.5 Å². The molecule has 1 N–H and O–H groups in total. The van der Waals surface area contributed by atoms with Crippen LogP contribution in [0.3, 0.4) is 0 Å². The van der Waals surface area contributed by atoms with Gasteiger partial charge in [-0.3, -0.25) is 0 Å². The van der Waals surface area contributed by atoms with Gasteiger partial charge in [-0.05, 0) is 42.9 Å². The number of hydrogen-bond acceptors (Lipinski definition) is 2. The summed E-state index contributed by atoms with van der Waals surface area (Å²) < 4.78 is 5.00. The Morgan fingerprint density at radius 2 is 1.52 bits per heavy atom. The molecule has 0 amide bonds. The van der Waals surface area contributed by atoms with Crippen molar-refractivity contribution in [2.75, 3.05) is 0 Å². The van der Waals surface area contributed by atoms with Gasteiger partial charge < -0.3 is 9.84 Å². The first-order valence-corrected chi connectivity index (χ1v) is 9.20. The predicted molar refractivity (Wildman–Crippen MR) is 95.4 cm³/mol. The van der Waals surface area contributed by atoms with Crippen molar-refractivity contribution in [3.63, 3.8) is 0 Å². The zero-order chi connectivity index (χ0) is 16.9. The number of hydrogen-bond donors (Lipinski definition) is 1. The standard InChI is InChI=1S/C20H32O3/c1-3-5-7-9-10-13-17-14-12-16-19(23-20(21)22)18(17)15-11-8-6-4-2/h12,14,16H,3-11,13,15H2,1-2H3,(H,21,22). The number of aryl methyl sites for hydroxylation is 1. The van der Waals surface area contributed by atoms with Crippen LogP contribution in [0.4, 0.5) is 4.79 Å². The third-order valence-corrected chi connectivity index (χ3v) is 4.26. The zero-order valence-corrected chi connectivity index (χ0v) is 14.8. The lowest BCUT2D eigenvalue weighted by atomic mass is 9.95. The van der Waals surface area contributed by atoms with Crippen molar-refractivity contribution in [1.82, 2.24) is 0 Å². The Labute approximate surface area is 141 Å². The molecule has 0 aliphatic heterocycles. The fraction of sp³-hybridized carbons (Fsp3) is 0.650. The minimum absolute atomic E-state index is 0.528. The largest absolute Gasteiger partial charge is 0.511 e. The number of unbranched alkanes of at least 4 members (excludes halogenated alkanes) is 7. The van der Waals surface area contributed by atoms with Gasteiger partial charge in [0.2, 0.25) is 0 Å². The van der Waals surface area contributed by atoms with Crippen LogP contribution >= 0.6 is 0 Å². The van der Waals surface area contributed by atoms with Crippen LogP contribution in [0.1, 0.15) is 82.8 Å². The molecule has 0 radical (unpaired) electrons. The van der Waals surface area contributed by atoms with E-state index in [9.17, 15) is 4.79 Å². The van der Waals surface area contributed by atoms with Crippen molar-refractivity contribution in [3.8, 4) is 5.75 Å². The molecule has 0 saturated carbocycles. The van der Waals surface area contributed by atoms with Gasteiger partial charge in [-0.25, -0.2) is 4.79 Å². The lowest BCUT2D eigenvalue weighted by molar-refractivity contribution is 0.144. The van der Waals surface area contributed by atoms with E-state index in [1.54, 1.807) is 6.07 Å². The molecule has 0 aromatic heterocycles. The van der Waals surface area contributed by atoms with Crippen LogP contribution in [-0.4, -0.2) is 11.3 Å². The van der Waals surface area contributed by atoms with Gasteiger partial charge >= 0.3 is 6.16 Å². The lowest BCUT2D eigenvalue weighted by Gasteiger charge is -2.14. The second-order valence-corrected chi connectivity index (χ2v) is 6.24. The van der Waals surface area contributed by atoms with Crippen LogP contribution in [0.25, 0.3) is 0 Å². The van der Waals surface area contributed by atoms with Gasteiger partial charge in [-0.1, -0.05) is 70.9 Å². The average molecular weight is 320 g/mol. The molecule has 1 rings (SSSR count). The smallest absolute Gasteiger partial charge is 0.449 e. The van der Waals surface area contributed by atoms with Gasteiger partial charge in [0.15, 0.2) is 0 Å². The van der Waals surface area contributed by atoms with Crippen molar-refractivity contribution in [2.45, 2.75) is 84.5 Å². The third kappa shape index (κ3) is 8.06. The highest BCUT2D eigenvalue weighted by Gasteiger charge is 2.12. The van der Waals surface area contributed by atoms with Crippen LogP contribution in [0.15, 0.2) is 18.2 Å². The van der Waals surface area contributed by atoms with Crippen molar-refractivity contribution in [3.05, 3.63) is 29.3 Å². The molecule has 0 spiro atoms. The van der Waals surface area contributed by atoms with E-state index in [1.807, 2.05) is 6.07 Å². The monoisotopic (exact) mass is 320 g/mol. The summed E-state index contributed by atoms with van der Waals surface area (Å²) >= 11 is 0. The van der Waals surface area contributed by atoms with Crippen LogP contribution < -0.4 is 4.74 Å². The second-order valence-electron chi connectivity index (χ2n) is 6.24. The quantitative estimate of drug-likeness (QED) is 0.276. The Morgan fingerprint density at radius 3 is 2.17 bits per heavy atom. The molecule has 0 atom stereocenters. The number of ether oxygens (including phenoxy) is 1. The predicted octanol–water partition coefficient (Wildman–Crippen LogP) is 6.38. The molecule has 0 fully saturated rings. The highest BCUT2D eigenvalue weighted by atomic mass is 16.7. The van der Waals surface area contributed by atoms with E-state index in [4.69, 9.17) is 9.84 Å². The molecule has 0 bridgehead atoms. The Hall–Kier alpha value is -1.51. The molecule has 0 aliphatic rings. The van der Waals surface area contributed by atoms with Crippen LogP contribution in [0.5, 0.6) is 5.75 Å². The van der Waals surface area contributed by atoms with Crippen molar-refractivity contribution in [1.29, 1.82) is 0 Å². The number of carbonyl (C=O) groups is 1. The Kier molecular flexibility index (Phi) is 10.2. The summed E-state index contributed by atoms with van der Waals surface area (Å²) in [7, 11) is 0. The van der Waals surface area contributed by atoms with Gasteiger partial charge in [0, 0.05) is 0 Å². The van der Waals surface area contributed by atoms with Crippen molar-refractivity contribution < 1.29 is 14.6 Å². The third-order valence-electron chi connectivity index (χ3n) is 4.26. The van der Waals surface area contributed by atoms with E-state index in [2.05, 4.69) is 19.9 Å². The van der Waals surface area contributed by atoms with E-state index in [-0.39, 0.29) is 0 Å².